The molecule has 5 nitrogen and oxygen atoms in total. The number of pyridine rings is 1. The fraction of sp³-hybridized carbons (Fsp3) is 0.720. The second-order valence-corrected chi connectivity index (χ2v) is 10.5. The van der Waals surface area contributed by atoms with Crippen LogP contribution < -0.4 is 4.74 Å². The average molecular weight is 445 g/mol. The van der Waals surface area contributed by atoms with Gasteiger partial charge in [-0.3, -0.25) is 4.90 Å². The maximum Gasteiger partial charge on any atom is 0.131 e. The van der Waals surface area contributed by atoms with Gasteiger partial charge in [0.25, 0.3) is 0 Å². The summed E-state index contributed by atoms with van der Waals surface area (Å²) in [6, 6.07) is 2.10. The van der Waals surface area contributed by atoms with Gasteiger partial charge in [0.05, 0.1) is 24.7 Å². The van der Waals surface area contributed by atoms with Crippen molar-refractivity contribution < 1.29 is 14.2 Å². The van der Waals surface area contributed by atoms with Crippen molar-refractivity contribution in [3.8, 4) is 5.75 Å². The number of morpholine rings is 1. The van der Waals surface area contributed by atoms with Gasteiger partial charge in [-0.25, -0.2) is 4.98 Å². The van der Waals surface area contributed by atoms with Crippen LogP contribution in [-0.2, 0) is 15.9 Å². The van der Waals surface area contributed by atoms with E-state index in [0.717, 1.165) is 62.8 Å². The van der Waals surface area contributed by atoms with Crippen molar-refractivity contribution in [2.45, 2.75) is 75.9 Å². The van der Waals surface area contributed by atoms with Crippen LogP contribution in [0.2, 0.25) is 0 Å². The van der Waals surface area contributed by atoms with Gasteiger partial charge < -0.3 is 14.2 Å². The van der Waals surface area contributed by atoms with Gasteiger partial charge in [-0.05, 0) is 68.9 Å². The van der Waals surface area contributed by atoms with Gasteiger partial charge in [-0.15, -0.1) is 11.3 Å². The second-order valence-electron chi connectivity index (χ2n) is 9.44. The van der Waals surface area contributed by atoms with Gasteiger partial charge >= 0.3 is 0 Å². The molecule has 0 bridgehead atoms. The molecule has 0 N–H and O–H groups in total. The highest BCUT2D eigenvalue weighted by Gasteiger charge is 2.40. The fourth-order valence-corrected chi connectivity index (χ4v) is 7.39. The smallest absolute Gasteiger partial charge is 0.131 e. The van der Waals surface area contributed by atoms with E-state index >= 15 is 0 Å². The van der Waals surface area contributed by atoms with Crippen LogP contribution in [0.4, 0.5) is 0 Å². The third-order valence-electron chi connectivity index (χ3n) is 7.96. The number of ether oxygens (including phenoxy) is 3. The Balaban J connectivity index is 1.33. The van der Waals surface area contributed by atoms with Gasteiger partial charge in [-0.1, -0.05) is 6.92 Å². The summed E-state index contributed by atoms with van der Waals surface area (Å²) in [4.78, 5) is 10.1. The summed E-state index contributed by atoms with van der Waals surface area (Å²) in [6.07, 6.45) is 11.7. The van der Waals surface area contributed by atoms with Crippen molar-refractivity contribution in [1.29, 1.82) is 0 Å². The number of nitrogens with zero attached hydrogens (tertiary/aromatic N) is 2. The number of hydrogen-bond acceptors (Lipinski definition) is 6. The van der Waals surface area contributed by atoms with E-state index in [-0.39, 0.29) is 0 Å². The largest absolute Gasteiger partial charge is 0.490 e. The number of fused-ring (bicyclic) bond motifs is 3. The lowest BCUT2D eigenvalue weighted by atomic mass is 9.77. The number of thiophene rings is 1. The van der Waals surface area contributed by atoms with E-state index in [1.165, 1.54) is 47.9 Å². The molecule has 1 atom stereocenters. The molecule has 1 aliphatic heterocycles. The number of methoxy groups -OCH3 is 1. The van der Waals surface area contributed by atoms with E-state index in [1.54, 1.807) is 7.11 Å². The van der Waals surface area contributed by atoms with E-state index in [2.05, 4.69) is 17.9 Å². The van der Waals surface area contributed by atoms with Crippen LogP contribution in [-0.4, -0.2) is 61.5 Å². The molecule has 31 heavy (non-hydrogen) atoms. The van der Waals surface area contributed by atoms with Gasteiger partial charge in [0.15, 0.2) is 0 Å². The number of aromatic nitrogens is 1. The highest BCUT2D eigenvalue weighted by atomic mass is 32.1. The molecule has 1 saturated carbocycles. The van der Waals surface area contributed by atoms with Gasteiger partial charge in [0.2, 0.25) is 0 Å². The maximum atomic E-state index is 6.72. The molecule has 170 valence electrons. The minimum Gasteiger partial charge on any atom is -0.490 e. The predicted molar refractivity (Wildman–Crippen MR) is 125 cm³/mol. The van der Waals surface area contributed by atoms with Gasteiger partial charge in [-0.2, -0.15) is 0 Å². The molecule has 2 aromatic heterocycles. The van der Waals surface area contributed by atoms with Gasteiger partial charge in [0, 0.05) is 43.4 Å². The maximum absolute atomic E-state index is 6.72. The first-order chi connectivity index (χ1) is 15.2. The molecule has 0 unspecified atom stereocenters. The van der Waals surface area contributed by atoms with Crippen molar-refractivity contribution in [3.05, 3.63) is 22.7 Å². The molecule has 0 amide bonds. The molecule has 2 aliphatic carbocycles. The Labute approximate surface area is 190 Å². The van der Waals surface area contributed by atoms with Crippen molar-refractivity contribution in [2.75, 3.05) is 40.0 Å². The lowest BCUT2D eigenvalue weighted by Crippen LogP contribution is -2.55. The molecule has 6 heteroatoms. The summed E-state index contributed by atoms with van der Waals surface area (Å²) < 4.78 is 17.7. The van der Waals surface area contributed by atoms with Crippen LogP contribution in [0.25, 0.3) is 10.2 Å². The molecule has 2 fully saturated rings. The Bertz CT molecular complexity index is 884. The van der Waals surface area contributed by atoms with Crippen molar-refractivity contribution >= 4 is 21.6 Å². The molecule has 0 radical (unpaired) electrons. The van der Waals surface area contributed by atoms with E-state index in [9.17, 15) is 0 Å². The van der Waals surface area contributed by atoms with E-state index in [4.69, 9.17) is 19.2 Å². The lowest BCUT2D eigenvalue weighted by molar-refractivity contribution is -0.0510. The second kappa shape index (κ2) is 9.34. The van der Waals surface area contributed by atoms with Crippen molar-refractivity contribution in [2.24, 2.45) is 0 Å². The summed E-state index contributed by atoms with van der Waals surface area (Å²) in [5.74, 6) is 1.64. The van der Waals surface area contributed by atoms with Crippen LogP contribution in [0.5, 0.6) is 5.75 Å². The molecule has 5 rings (SSSR count). The highest BCUT2D eigenvalue weighted by molar-refractivity contribution is 7.19. The van der Waals surface area contributed by atoms with E-state index in [1.807, 2.05) is 17.5 Å². The summed E-state index contributed by atoms with van der Waals surface area (Å²) in [7, 11) is 1.80. The van der Waals surface area contributed by atoms with Crippen molar-refractivity contribution in [1.82, 2.24) is 9.88 Å². The predicted octanol–water partition coefficient (Wildman–Crippen LogP) is 5.17. The average Bonchev–Trinajstić information content (AvgIpc) is 3.38. The van der Waals surface area contributed by atoms with E-state index < -0.39 is 0 Å². The molecule has 1 saturated heterocycles. The number of aryl methyl sites for hydroxylation is 1. The third kappa shape index (κ3) is 4.12. The quantitative estimate of drug-likeness (QED) is 0.590. The highest BCUT2D eigenvalue weighted by Crippen LogP contribution is 2.48. The van der Waals surface area contributed by atoms with Crippen LogP contribution in [0.15, 0.2) is 12.3 Å². The molecule has 3 aliphatic rings. The van der Waals surface area contributed by atoms with Crippen LogP contribution in [0, 0.1) is 0 Å². The summed E-state index contributed by atoms with van der Waals surface area (Å²) in [6.45, 7) is 7.09. The Morgan fingerprint density at radius 3 is 2.77 bits per heavy atom. The zero-order chi connectivity index (χ0) is 21.3. The SMILES string of the molecule is CCC1(N2CCOCC2)CCC(Oc2ccnc3sc4c(c23)[C@@H](CCOC)CC4)CC1. The van der Waals surface area contributed by atoms with Crippen LogP contribution in [0.3, 0.4) is 0 Å². The molecule has 3 heterocycles. The number of rotatable bonds is 7. The summed E-state index contributed by atoms with van der Waals surface area (Å²) in [5, 5.41) is 1.29. The van der Waals surface area contributed by atoms with Gasteiger partial charge in [0.1, 0.15) is 10.6 Å². The standard InChI is InChI=1S/C25H36N2O3S/c1-3-25(27-13-16-29-17-14-27)10-6-19(7-11-25)30-20-8-12-26-24-23(20)22-18(9-15-28-2)4-5-21(22)31-24/h8,12,18-19H,3-7,9-11,13-17H2,1-2H3/t18-,19?,25?/m1/s1. The molecular weight excluding hydrogens is 408 g/mol. The topological polar surface area (TPSA) is 43.8 Å². The zero-order valence-corrected chi connectivity index (χ0v) is 19.8. The normalized spacial score (nSPS) is 29.4. The van der Waals surface area contributed by atoms with Crippen LogP contribution >= 0.6 is 11.3 Å². The monoisotopic (exact) mass is 444 g/mol. The number of hydrogen-bond donors (Lipinski definition) is 0. The van der Waals surface area contributed by atoms with E-state index in [0.29, 0.717) is 17.6 Å². The molecule has 0 spiro atoms. The fourth-order valence-electron chi connectivity index (χ4n) is 6.13. The summed E-state index contributed by atoms with van der Waals surface area (Å²) >= 11 is 1.87. The first-order valence-corrected chi connectivity index (χ1v) is 12.9. The Kier molecular flexibility index (Phi) is 6.52. The molecule has 2 aromatic rings. The lowest BCUT2D eigenvalue weighted by Gasteiger charge is -2.49. The van der Waals surface area contributed by atoms with Crippen molar-refractivity contribution in [3.63, 3.8) is 0 Å². The summed E-state index contributed by atoms with van der Waals surface area (Å²) in [5.41, 5.74) is 1.85. The Morgan fingerprint density at radius 1 is 1.23 bits per heavy atom. The third-order valence-corrected chi connectivity index (χ3v) is 9.14. The Hall–Kier alpha value is -1.21. The Morgan fingerprint density at radius 2 is 2.03 bits per heavy atom. The first-order valence-electron chi connectivity index (χ1n) is 12.1. The minimum absolute atomic E-state index is 0.306. The molecular formula is C25H36N2O3S. The van der Waals surface area contributed by atoms with Crippen LogP contribution in [0.1, 0.15) is 68.2 Å². The first kappa shape index (κ1) is 21.6. The zero-order valence-electron chi connectivity index (χ0n) is 19.0. The molecule has 0 aromatic carbocycles. The minimum atomic E-state index is 0.306.